The predicted octanol–water partition coefficient (Wildman–Crippen LogP) is 2.90. The summed E-state index contributed by atoms with van der Waals surface area (Å²) in [5.74, 6) is 1.67. The fourth-order valence-electron chi connectivity index (χ4n) is 2.56. The molecule has 1 heterocycles. The van der Waals surface area contributed by atoms with E-state index < -0.39 is 0 Å². The quantitative estimate of drug-likeness (QED) is 0.790. The van der Waals surface area contributed by atoms with E-state index in [-0.39, 0.29) is 11.9 Å². The van der Waals surface area contributed by atoms with E-state index in [2.05, 4.69) is 15.3 Å². The SMILES string of the molecule is CC(N)CCC(=O)Nc1ccc2nc(C3CCC3)[nH]c2c1. The molecule has 5 nitrogen and oxygen atoms in total. The summed E-state index contributed by atoms with van der Waals surface area (Å²) in [6.07, 6.45) is 4.89. The highest BCUT2D eigenvalue weighted by Crippen LogP contribution is 2.35. The molecule has 1 atom stereocenters. The lowest BCUT2D eigenvalue weighted by Crippen LogP contribution is -2.19. The summed E-state index contributed by atoms with van der Waals surface area (Å²) >= 11 is 0. The van der Waals surface area contributed by atoms with Crippen molar-refractivity contribution in [3.05, 3.63) is 24.0 Å². The number of nitrogens with zero attached hydrogens (tertiary/aromatic N) is 1. The van der Waals surface area contributed by atoms with Crippen molar-refractivity contribution in [3.8, 4) is 0 Å². The Balaban J connectivity index is 1.70. The molecule has 0 aliphatic heterocycles. The molecule has 3 rings (SSSR count). The van der Waals surface area contributed by atoms with Crippen LogP contribution in [-0.2, 0) is 4.79 Å². The molecule has 0 spiro atoms. The van der Waals surface area contributed by atoms with Gasteiger partial charge in [0.2, 0.25) is 5.91 Å². The van der Waals surface area contributed by atoms with Crippen LogP contribution in [0.3, 0.4) is 0 Å². The van der Waals surface area contributed by atoms with Gasteiger partial charge >= 0.3 is 0 Å². The number of H-pyrrole nitrogens is 1. The lowest BCUT2D eigenvalue weighted by molar-refractivity contribution is -0.116. The van der Waals surface area contributed by atoms with Gasteiger partial charge in [0.1, 0.15) is 5.82 Å². The summed E-state index contributed by atoms with van der Waals surface area (Å²) < 4.78 is 0. The molecular weight excluding hydrogens is 264 g/mol. The minimum atomic E-state index is 0.00498. The second-order valence-corrected chi connectivity index (χ2v) is 6.05. The molecule has 5 heteroatoms. The standard InChI is InChI=1S/C16H22N4O/c1-10(17)5-8-15(21)18-12-6-7-13-14(9-12)20-16(19-13)11-3-2-4-11/h6-7,9-11H,2-5,8,17H2,1H3,(H,18,21)(H,19,20). The van der Waals surface area contributed by atoms with Gasteiger partial charge in [0, 0.05) is 24.1 Å². The number of hydrogen-bond donors (Lipinski definition) is 3. The van der Waals surface area contributed by atoms with Gasteiger partial charge in [-0.05, 0) is 44.4 Å². The number of carbonyl (C=O) groups excluding carboxylic acids is 1. The number of nitrogens with one attached hydrogen (secondary N) is 2. The van der Waals surface area contributed by atoms with Crippen molar-refractivity contribution in [1.82, 2.24) is 9.97 Å². The smallest absolute Gasteiger partial charge is 0.224 e. The summed E-state index contributed by atoms with van der Waals surface area (Å²) in [5, 5.41) is 2.91. The Kier molecular flexibility index (Phi) is 3.92. The number of nitrogens with two attached hydrogens (primary N) is 1. The average Bonchev–Trinajstić information content (AvgIpc) is 2.76. The number of aromatic amines is 1. The van der Waals surface area contributed by atoms with Crippen LogP contribution in [0, 0.1) is 0 Å². The lowest BCUT2D eigenvalue weighted by atomic mass is 9.85. The van der Waals surface area contributed by atoms with Crippen LogP contribution < -0.4 is 11.1 Å². The first kappa shape index (κ1) is 14.1. The van der Waals surface area contributed by atoms with Crippen molar-refractivity contribution < 1.29 is 4.79 Å². The van der Waals surface area contributed by atoms with Gasteiger partial charge in [-0.2, -0.15) is 0 Å². The number of amides is 1. The van der Waals surface area contributed by atoms with Crippen molar-refractivity contribution in [2.45, 2.75) is 51.0 Å². The van der Waals surface area contributed by atoms with Crippen molar-refractivity contribution in [2.75, 3.05) is 5.32 Å². The predicted molar refractivity (Wildman–Crippen MR) is 84.2 cm³/mol. The average molecular weight is 286 g/mol. The third-order valence-electron chi connectivity index (χ3n) is 4.10. The van der Waals surface area contributed by atoms with Crippen molar-refractivity contribution in [2.24, 2.45) is 5.73 Å². The topological polar surface area (TPSA) is 83.8 Å². The van der Waals surface area contributed by atoms with Gasteiger partial charge in [-0.25, -0.2) is 4.98 Å². The van der Waals surface area contributed by atoms with Crippen molar-refractivity contribution in [3.63, 3.8) is 0 Å². The number of benzene rings is 1. The third-order valence-corrected chi connectivity index (χ3v) is 4.10. The van der Waals surface area contributed by atoms with E-state index in [1.165, 1.54) is 19.3 Å². The van der Waals surface area contributed by atoms with E-state index >= 15 is 0 Å². The summed E-state index contributed by atoms with van der Waals surface area (Å²) in [6, 6.07) is 5.86. The molecule has 1 fully saturated rings. The van der Waals surface area contributed by atoms with Crippen LogP contribution in [0.1, 0.15) is 50.8 Å². The molecule has 1 aromatic heterocycles. The molecule has 0 bridgehead atoms. The molecule has 1 amide bonds. The highest BCUT2D eigenvalue weighted by atomic mass is 16.1. The number of imidazole rings is 1. The molecule has 2 aromatic rings. The Morgan fingerprint density at radius 3 is 3.00 bits per heavy atom. The van der Waals surface area contributed by atoms with Gasteiger partial charge in [-0.15, -0.1) is 0 Å². The molecule has 1 aliphatic rings. The van der Waals surface area contributed by atoms with E-state index in [9.17, 15) is 4.79 Å². The second kappa shape index (κ2) is 5.85. The Morgan fingerprint density at radius 2 is 2.33 bits per heavy atom. The van der Waals surface area contributed by atoms with Gasteiger partial charge in [-0.3, -0.25) is 4.79 Å². The van der Waals surface area contributed by atoms with Crippen LogP contribution in [-0.4, -0.2) is 21.9 Å². The van der Waals surface area contributed by atoms with E-state index in [4.69, 9.17) is 5.73 Å². The van der Waals surface area contributed by atoms with E-state index in [0.29, 0.717) is 18.8 Å². The molecule has 112 valence electrons. The zero-order valence-electron chi connectivity index (χ0n) is 12.4. The fourth-order valence-corrected chi connectivity index (χ4v) is 2.56. The van der Waals surface area contributed by atoms with Crippen LogP contribution in [0.15, 0.2) is 18.2 Å². The number of carbonyl (C=O) groups is 1. The summed E-state index contributed by atoms with van der Waals surface area (Å²) in [5.41, 5.74) is 8.42. The molecule has 1 unspecified atom stereocenters. The molecule has 1 saturated carbocycles. The van der Waals surface area contributed by atoms with Crippen LogP contribution in [0.4, 0.5) is 5.69 Å². The number of rotatable bonds is 5. The Morgan fingerprint density at radius 1 is 1.52 bits per heavy atom. The summed E-state index contributed by atoms with van der Waals surface area (Å²) in [6.45, 7) is 1.91. The van der Waals surface area contributed by atoms with Crippen LogP contribution in [0.5, 0.6) is 0 Å². The molecule has 1 aromatic carbocycles. The first-order valence-electron chi connectivity index (χ1n) is 7.67. The molecule has 4 N–H and O–H groups in total. The number of aromatic nitrogens is 2. The molecule has 21 heavy (non-hydrogen) atoms. The van der Waals surface area contributed by atoms with Crippen molar-refractivity contribution in [1.29, 1.82) is 0 Å². The van der Waals surface area contributed by atoms with Gasteiger partial charge in [0.05, 0.1) is 11.0 Å². The van der Waals surface area contributed by atoms with Gasteiger partial charge < -0.3 is 16.0 Å². The first-order chi connectivity index (χ1) is 10.1. The van der Waals surface area contributed by atoms with E-state index in [0.717, 1.165) is 22.5 Å². The molecular formula is C16H22N4O. The van der Waals surface area contributed by atoms with Crippen LogP contribution in [0.25, 0.3) is 11.0 Å². The van der Waals surface area contributed by atoms with Crippen LogP contribution >= 0.6 is 0 Å². The molecule has 0 saturated heterocycles. The van der Waals surface area contributed by atoms with Gasteiger partial charge in [0.15, 0.2) is 0 Å². The van der Waals surface area contributed by atoms with Gasteiger partial charge in [0.25, 0.3) is 0 Å². The number of fused-ring (bicyclic) bond motifs is 1. The highest BCUT2D eigenvalue weighted by Gasteiger charge is 2.22. The minimum Gasteiger partial charge on any atom is -0.342 e. The lowest BCUT2D eigenvalue weighted by Gasteiger charge is -2.22. The Hall–Kier alpha value is -1.88. The number of anilines is 1. The third kappa shape index (κ3) is 3.24. The molecule has 0 radical (unpaired) electrons. The largest absolute Gasteiger partial charge is 0.342 e. The zero-order chi connectivity index (χ0) is 14.8. The van der Waals surface area contributed by atoms with E-state index in [1.807, 2.05) is 25.1 Å². The monoisotopic (exact) mass is 286 g/mol. The van der Waals surface area contributed by atoms with Gasteiger partial charge in [-0.1, -0.05) is 6.42 Å². The van der Waals surface area contributed by atoms with Crippen molar-refractivity contribution >= 4 is 22.6 Å². The maximum atomic E-state index is 11.8. The minimum absolute atomic E-state index is 0.00498. The second-order valence-electron chi connectivity index (χ2n) is 6.05. The normalized spacial score (nSPS) is 16.7. The summed E-state index contributed by atoms with van der Waals surface area (Å²) in [4.78, 5) is 19.8. The maximum Gasteiger partial charge on any atom is 0.224 e. The number of hydrogen-bond acceptors (Lipinski definition) is 3. The van der Waals surface area contributed by atoms with E-state index in [1.54, 1.807) is 0 Å². The Labute approximate surface area is 124 Å². The zero-order valence-corrected chi connectivity index (χ0v) is 12.4. The fraction of sp³-hybridized carbons (Fsp3) is 0.500. The summed E-state index contributed by atoms with van der Waals surface area (Å²) in [7, 11) is 0. The first-order valence-corrected chi connectivity index (χ1v) is 7.67. The highest BCUT2D eigenvalue weighted by molar-refractivity contribution is 5.93. The molecule has 1 aliphatic carbocycles. The Bertz CT molecular complexity index is 643. The van der Waals surface area contributed by atoms with Crippen LogP contribution in [0.2, 0.25) is 0 Å². The maximum absolute atomic E-state index is 11.8.